The fraction of sp³-hybridized carbons (Fsp3) is 0.133. The first-order valence-corrected chi connectivity index (χ1v) is 8.31. The van der Waals surface area contributed by atoms with E-state index in [4.69, 9.17) is 4.74 Å². The standard InChI is InChI=1S/C15H14N2O6S/c18-15(23-11-12-6-2-1-3-7-12)10-16-24(21,22)14-9-5-4-8-13(14)17(19)20/h1-9,16H,10-11H2. The van der Waals surface area contributed by atoms with Gasteiger partial charge in [0.2, 0.25) is 10.0 Å². The molecular weight excluding hydrogens is 336 g/mol. The molecule has 0 amide bonds. The number of hydrogen-bond acceptors (Lipinski definition) is 6. The maximum absolute atomic E-state index is 12.1. The monoisotopic (exact) mass is 350 g/mol. The summed E-state index contributed by atoms with van der Waals surface area (Å²) in [5.41, 5.74) is 0.190. The van der Waals surface area contributed by atoms with Gasteiger partial charge in [-0.3, -0.25) is 14.9 Å². The number of nitrogens with one attached hydrogen (secondary N) is 1. The molecule has 0 heterocycles. The number of sulfonamides is 1. The maximum atomic E-state index is 12.1. The third kappa shape index (κ3) is 4.61. The van der Waals surface area contributed by atoms with Gasteiger partial charge in [0.05, 0.1) is 4.92 Å². The van der Waals surface area contributed by atoms with Crippen LogP contribution >= 0.6 is 0 Å². The number of carbonyl (C=O) groups excluding carboxylic acids is 1. The van der Waals surface area contributed by atoms with E-state index in [1.165, 1.54) is 12.1 Å². The summed E-state index contributed by atoms with van der Waals surface area (Å²) in [5, 5.41) is 10.9. The van der Waals surface area contributed by atoms with E-state index in [1.807, 2.05) is 10.8 Å². The molecule has 2 aromatic rings. The van der Waals surface area contributed by atoms with Crippen LogP contribution in [0.5, 0.6) is 0 Å². The van der Waals surface area contributed by atoms with Crippen LogP contribution in [0.4, 0.5) is 5.69 Å². The van der Waals surface area contributed by atoms with Gasteiger partial charge < -0.3 is 4.74 Å². The molecule has 8 nitrogen and oxygen atoms in total. The number of esters is 1. The lowest BCUT2D eigenvalue weighted by atomic mass is 10.2. The molecule has 24 heavy (non-hydrogen) atoms. The van der Waals surface area contributed by atoms with Crippen molar-refractivity contribution in [1.29, 1.82) is 0 Å². The van der Waals surface area contributed by atoms with E-state index in [9.17, 15) is 23.3 Å². The van der Waals surface area contributed by atoms with Crippen molar-refractivity contribution >= 4 is 21.7 Å². The van der Waals surface area contributed by atoms with Crippen molar-refractivity contribution in [2.45, 2.75) is 11.5 Å². The Morgan fingerprint density at radius 2 is 1.71 bits per heavy atom. The highest BCUT2D eigenvalue weighted by Gasteiger charge is 2.25. The second kappa shape index (κ2) is 7.66. The van der Waals surface area contributed by atoms with Gasteiger partial charge in [-0.15, -0.1) is 0 Å². The number of nitrogens with zero attached hydrogens (tertiary/aromatic N) is 1. The second-order valence-electron chi connectivity index (χ2n) is 4.70. The molecule has 0 atom stereocenters. The molecule has 2 rings (SSSR count). The van der Waals surface area contributed by atoms with E-state index in [1.54, 1.807) is 24.3 Å². The number of nitro groups is 1. The molecule has 1 N–H and O–H groups in total. The molecule has 2 aromatic carbocycles. The zero-order chi connectivity index (χ0) is 17.6. The zero-order valence-electron chi connectivity index (χ0n) is 12.4. The summed E-state index contributed by atoms with van der Waals surface area (Å²) in [4.78, 5) is 21.2. The average molecular weight is 350 g/mol. The van der Waals surface area contributed by atoms with Gasteiger partial charge >= 0.3 is 5.97 Å². The minimum Gasteiger partial charge on any atom is -0.460 e. The summed E-state index contributed by atoms with van der Waals surface area (Å²) in [5.74, 6) is -0.791. The van der Waals surface area contributed by atoms with Gasteiger partial charge in [-0.1, -0.05) is 42.5 Å². The van der Waals surface area contributed by atoms with Gasteiger partial charge in [-0.25, -0.2) is 8.42 Å². The molecule has 0 saturated carbocycles. The third-order valence-electron chi connectivity index (χ3n) is 3.00. The van der Waals surface area contributed by atoms with Crippen LogP contribution in [0.1, 0.15) is 5.56 Å². The van der Waals surface area contributed by atoms with Crippen molar-refractivity contribution < 1.29 is 22.9 Å². The third-order valence-corrected chi connectivity index (χ3v) is 4.45. The summed E-state index contributed by atoms with van der Waals surface area (Å²) in [7, 11) is -4.21. The predicted molar refractivity (Wildman–Crippen MR) is 84.5 cm³/mol. The van der Waals surface area contributed by atoms with E-state index in [0.717, 1.165) is 17.7 Å². The first-order chi connectivity index (χ1) is 11.4. The van der Waals surface area contributed by atoms with Crippen LogP contribution in [-0.4, -0.2) is 25.9 Å². The number of benzene rings is 2. The van der Waals surface area contributed by atoms with E-state index in [2.05, 4.69) is 0 Å². The van der Waals surface area contributed by atoms with E-state index >= 15 is 0 Å². The van der Waals surface area contributed by atoms with Crippen LogP contribution < -0.4 is 4.72 Å². The lowest BCUT2D eigenvalue weighted by molar-refractivity contribution is -0.387. The van der Waals surface area contributed by atoms with Crippen molar-refractivity contribution in [2.75, 3.05) is 6.54 Å². The van der Waals surface area contributed by atoms with Crippen molar-refractivity contribution in [3.8, 4) is 0 Å². The lowest BCUT2D eigenvalue weighted by Gasteiger charge is -2.08. The van der Waals surface area contributed by atoms with Crippen LogP contribution in [0.2, 0.25) is 0 Å². The first-order valence-electron chi connectivity index (χ1n) is 6.83. The average Bonchev–Trinajstić information content (AvgIpc) is 2.59. The van der Waals surface area contributed by atoms with Gasteiger partial charge in [0.1, 0.15) is 13.2 Å². The van der Waals surface area contributed by atoms with Crippen molar-refractivity contribution in [1.82, 2.24) is 4.72 Å². The Morgan fingerprint density at radius 1 is 1.08 bits per heavy atom. The van der Waals surface area contributed by atoms with E-state index in [0.29, 0.717) is 0 Å². The first kappa shape index (κ1) is 17.6. The number of ether oxygens (including phenoxy) is 1. The zero-order valence-corrected chi connectivity index (χ0v) is 13.2. The molecule has 0 unspecified atom stereocenters. The van der Waals surface area contributed by atoms with Crippen LogP contribution in [0.25, 0.3) is 0 Å². The van der Waals surface area contributed by atoms with Crippen molar-refractivity contribution in [3.05, 3.63) is 70.3 Å². The van der Waals surface area contributed by atoms with Crippen LogP contribution in [0.3, 0.4) is 0 Å². The number of hydrogen-bond donors (Lipinski definition) is 1. The second-order valence-corrected chi connectivity index (χ2v) is 6.43. The SMILES string of the molecule is O=C(CNS(=O)(=O)c1ccccc1[N+](=O)[O-])OCc1ccccc1. The molecule has 0 aliphatic heterocycles. The number of para-hydroxylation sites is 1. The maximum Gasteiger partial charge on any atom is 0.321 e. The Kier molecular flexibility index (Phi) is 5.61. The summed E-state index contributed by atoms with van der Waals surface area (Å²) < 4.78 is 31.2. The molecule has 0 bridgehead atoms. The quantitative estimate of drug-likeness (QED) is 0.461. The molecule has 9 heteroatoms. The Bertz CT molecular complexity index is 836. The summed E-state index contributed by atoms with van der Waals surface area (Å²) in [6, 6.07) is 13.8. The highest BCUT2D eigenvalue weighted by atomic mass is 32.2. The minimum atomic E-state index is -4.21. The lowest BCUT2D eigenvalue weighted by Crippen LogP contribution is -2.31. The Hall–Kier alpha value is -2.78. The van der Waals surface area contributed by atoms with Gasteiger partial charge in [0.15, 0.2) is 4.90 Å². The minimum absolute atomic E-state index is 0.00683. The molecule has 0 aliphatic rings. The Balaban J connectivity index is 1.98. The van der Waals surface area contributed by atoms with Crippen LogP contribution in [-0.2, 0) is 26.2 Å². The summed E-state index contributed by atoms with van der Waals surface area (Å²) in [6.07, 6.45) is 0. The Morgan fingerprint density at radius 3 is 2.38 bits per heavy atom. The normalized spacial score (nSPS) is 11.0. The van der Waals surface area contributed by atoms with Crippen LogP contribution in [0.15, 0.2) is 59.5 Å². The number of nitro benzene ring substituents is 1. The predicted octanol–water partition coefficient (Wildman–Crippen LogP) is 1.62. The molecule has 0 fully saturated rings. The molecule has 0 spiro atoms. The van der Waals surface area contributed by atoms with E-state index < -0.39 is 38.0 Å². The fourth-order valence-electron chi connectivity index (χ4n) is 1.86. The molecule has 126 valence electrons. The topological polar surface area (TPSA) is 116 Å². The van der Waals surface area contributed by atoms with Crippen LogP contribution in [0, 0.1) is 10.1 Å². The highest BCUT2D eigenvalue weighted by molar-refractivity contribution is 7.89. The molecule has 0 saturated heterocycles. The highest BCUT2D eigenvalue weighted by Crippen LogP contribution is 2.22. The summed E-state index contributed by atoms with van der Waals surface area (Å²) in [6.45, 7) is -0.617. The van der Waals surface area contributed by atoms with Crippen molar-refractivity contribution in [2.24, 2.45) is 0 Å². The van der Waals surface area contributed by atoms with Gasteiger partial charge in [-0.05, 0) is 11.6 Å². The molecular formula is C15H14N2O6S. The fourth-order valence-corrected chi connectivity index (χ4v) is 3.00. The smallest absolute Gasteiger partial charge is 0.321 e. The largest absolute Gasteiger partial charge is 0.460 e. The van der Waals surface area contributed by atoms with Gasteiger partial charge in [-0.2, -0.15) is 4.72 Å². The van der Waals surface area contributed by atoms with E-state index in [-0.39, 0.29) is 6.61 Å². The molecule has 0 radical (unpaired) electrons. The van der Waals surface area contributed by atoms with Crippen molar-refractivity contribution in [3.63, 3.8) is 0 Å². The van der Waals surface area contributed by atoms with Gasteiger partial charge in [0.25, 0.3) is 5.69 Å². The van der Waals surface area contributed by atoms with Gasteiger partial charge in [0, 0.05) is 6.07 Å². The summed E-state index contributed by atoms with van der Waals surface area (Å²) >= 11 is 0. The number of carbonyl (C=O) groups is 1. The number of rotatable bonds is 7. The molecule has 0 aromatic heterocycles. The Labute approximate surface area is 138 Å². The molecule has 0 aliphatic carbocycles.